The highest BCUT2D eigenvalue weighted by Crippen LogP contribution is 2.47. The third-order valence-corrected chi connectivity index (χ3v) is 5.13. The summed E-state index contributed by atoms with van der Waals surface area (Å²) in [6.45, 7) is 8.43. The maximum absolute atomic E-state index is 12.3. The van der Waals surface area contributed by atoms with Crippen molar-refractivity contribution in [2.75, 3.05) is 19.8 Å². The van der Waals surface area contributed by atoms with Gasteiger partial charge in [0.15, 0.2) is 0 Å². The maximum Gasteiger partial charge on any atom is 0.405 e. The lowest BCUT2D eigenvalue weighted by atomic mass is 9.82. The Morgan fingerprint density at radius 1 is 1.19 bits per heavy atom. The van der Waals surface area contributed by atoms with Crippen molar-refractivity contribution < 1.29 is 18.3 Å². The number of ether oxygens (including phenoxy) is 1. The molecular weight excluding hydrogens is 287 g/mol. The molecule has 0 spiro atoms. The van der Waals surface area contributed by atoms with E-state index in [-0.39, 0.29) is 5.60 Å². The largest absolute Gasteiger partial charge is 0.405 e. The van der Waals surface area contributed by atoms with Crippen molar-refractivity contribution in [3.8, 4) is 11.6 Å². The molecule has 0 bridgehead atoms. The molecule has 1 aliphatic rings. The van der Waals surface area contributed by atoms with Crippen molar-refractivity contribution in [1.82, 2.24) is 0 Å². The lowest BCUT2D eigenvalue weighted by Crippen LogP contribution is -2.34. The van der Waals surface area contributed by atoms with Gasteiger partial charge in [-0.05, 0) is 26.7 Å². The summed E-state index contributed by atoms with van der Waals surface area (Å²) in [6, 6.07) is 0. The molecule has 0 saturated heterocycles. The van der Waals surface area contributed by atoms with Gasteiger partial charge in [-0.15, -0.1) is 6.58 Å². The van der Waals surface area contributed by atoms with Crippen molar-refractivity contribution >= 4 is 7.60 Å². The Morgan fingerprint density at radius 2 is 1.81 bits per heavy atom. The highest BCUT2D eigenvalue weighted by molar-refractivity contribution is 7.59. The minimum absolute atomic E-state index is 0.233. The van der Waals surface area contributed by atoms with Crippen LogP contribution < -0.4 is 0 Å². The molecule has 0 heterocycles. The zero-order chi connectivity index (χ0) is 15.6. The molecule has 0 aromatic carbocycles. The van der Waals surface area contributed by atoms with Crippen molar-refractivity contribution in [3.05, 3.63) is 12.7 Å². The number of hydrogen-bond donors (Lipinski definition) is 0. The molecule has 0 aliphatic heterocycles. The summed E-state index contributed by atoms with van der Waals surface area (Å²) in [5.41, 5.74) is 2.47. The Labute approximate surface area is 128 Å². The zero-order valence-corrected chi connectivity index (χ0v) is 14.1. The molecule has 0 aromatic heterocycles. The lowest BCUT2D eigenvalue weighted by molar-refractivity contribution is -0.0533. The highest BCUT2D eigenvalue weighted by atomic mass is 31.2. The predicted octanol–water partition coefficient (Wildman–Crippen LogP) is 4.51. The SMILES string of the molecule is C=CCOC1(CC#CP(=O)(OCC)OCC)CCCCC1. The van der Waals surface area contributed by atoms with Crippen LogP contribution in [0.1, 0.15) is 52.4 Å². The second-order valence-corrected chi connectivity index (χ2v) is 6.88. The molecule has 1 fully saturated rings. The fourth-order valence-electron chi connectivity index (χ4n) is 2.54. The van der Waals surface area contributed by atoms with E-state index in [0.29, 0.717) is 26.2 Å². The number of hydrogen-bond acceptors (Lipinski definition) is 4. The molecule has 1 rings (SSSR count). The molecular formula is C16H27O4P. The van der Waals surface area contributed by atoms with E-state index >= 15 is 0 Å². The van der Waals surface area contributed by atoms with Crippen LogP contribution in [0.15, 0.2) is 12.7 Å². The van der Waals surface area contributed by atoms with Gasteiger partial charge in [0, 0.05) is 12.1 Å². The van der Waals surface area contributed by atoms with Gasteiger partial charge >= 0.3 is 7.60 Å². The van der Waals surface area contributed by atoms with Gasteiger partial charge in [0.05, 0.1) is 25.4 Å². The zero-order valence-electron chi connectivity index (χ0n) is 13.2. The first-order valence-electron chi connectivity index (χ1n) is 7.74. The minimum atomic E-state index is -3.28. The van der Waals surface area contributed by atoms with E-state index in [1.165, 1.54) is 6.42 Å². The molecule has 21 heavy (non-hydrogen) atoms. The van der Waals surface area contributed by atoms with Crippen LogP contribution in [0.4, 0.5) is 0 Å². The molecule has 1 aliphatic carbocycles. The van der Waals surface area contributed by atoms with Crippen LogP contribution in [0.5, 0.6) is 0 Å². The monoisotopic (exact) mass is 314 g/mol. The normalized spacial score (nSPS) is 17.8. The van der Waals surface area contributed by atoms with Gasteiger partial charge in [0.2, 0.25) is 0 Å². The van der Waals surface area contributed by atoms with Crippen LogP contribution in [0.3, 0.4) is 0 Å². The van der Waals surface area contributed by atoms with Gasteiger partial charge in [-0.1, -0.05) is 31.3 Å². The standard InChI is InChI=1S/C16H27O4P/c1-4-14-18-16(11-8-7-9-12-16)13-10-15-21(17,19-5-2)20-6-3/h4H,1,5-9,11-14H2,2-3H3. The van der Waals surface area contributed by atoms with E-state index in [0.717, 1.165) is 25.7 Å². The third kappa shape index (κ3) is 6.36. The maximum atomic E-state index is 12.3. The van der Waals surface area contributed by atoms with Gasteiger partial charge in [0.25, 0.3) is 0 Å². The molecule has 0 radical (unpaired) electrons. The first-order valence-corrected chi connectivity index (χ1v) is 9.28. The molecule has 120 valence electrons. The van der Waals surface area contributed by atoms with Gasteiger partial charge in [-0.3, -0.25) is 9.05 Å². The third-order valence-electron chi connectivity index (χ3n) is 3.50. The first-order chi connectivity index (χ1) is 10.1. The smallest absolute Gasteiger partial charge is 0.370 e. The Morgan fingerprint density at radius 3 is 2.33 bits per heavy atom. The Balaban J connectivity index is 2.73. The predicted molar refractivity (Wildman–Crippen MR) is 85.2 cm³/mol. The van der Waals surface area contributed by atoms with E-state index in [2.05, 4.69) is 18.2 Å². The van der Waals surface area contributed by atoms with E-state index in [4.69, 9.17) is 13.8 Å². The van der Waals surface area contributed by atoms with E-state index in [1.807, 2.05) is 0 Å². The summed E-state index contributed by atoms with van der Waals surface area (Å²) in [6.07, 6.45) is 7.83. The van der Waals surface area contributed by atoms with Gasteiger partial charge in [-0.2, -0.15) is 0 Å². The summed E-state index contributed by atoms with van der Waals surface area (Å²) in [5, 5.41) is 0. The molecule has 0 aromatic rings. The van der Waals surface area contributed by atoms with Crippen molar-refractivity contribution in [2.45, 2.75) is 58.0 Å². The molecule has 4 nitrogen and oxygen atoms in total. The summed E-state index contributed by atoms with van der Waals surface area (Å²) in [5.74, 6) is 2.99. The Bertz CT molecular complexity index is 406. The number of rotatable bonds is 8. The van der Waals surface area contributed by atoms with Crippen molar-refractivity contribution in [1.29, 1.82) is 0 Å². The molecule has 0 N–H and O–H groups in total. The fourth-order valence-corrected chi connectivity index (χ4v) is 3.70. The summed E-state index contributed by atoms with van der Waals surface area (Å²) >= 11 is 0. The van der Waals surface area contributed by atoms with Crippen molar-refractivity contribution in [3.63, 3.8) is 0 Å². The first kappa shape index (κ1) is 18.5. The van der Waals surface area contributed by atoms with Crippen LogP contribution in [0.25, 0.3) is 0 Å². The van der Waals surface area contributed by atoms with Crippen LogP contribution >= 0.6 is 7.60 Å². The van der Waals surface area contributed by atoms with Crippen LogP contribution in [0.2, 0.25) is 0 Å². The fraction of sp³-hybridized carbons (Fsp3) is 0.750. The van der Waals surface area contributed by atoms with E-state index in [9.17, 15) is 4.57 Å². The summed E-state index contributed by atoms with van der Waals surface area (Å²) in [4.78, 5) is 0. The summed E-state index contributed by atoms with van der Waals surface area (Å²) < 4.78 is 28.6. The topological polar surface area (TPSA) is 44.8 Å². The quantitative estimate of drug-likeness (QED) is 0.376. The van der Waals surface area contributed by atoms with E-state index in [1.54, 1.807) is 19.9 Å². The van der Waals surface area contributed by atoms with Gasteiger partial charge < -0.3 is 4.74 Å². The van der Waals surface area contributed by atoms with E-state index < -0.39 is 7.60 Å². The van der Waals surface area contributed by atoms with Crippen LogP contribution in [-0.2, 0) is 18.3 Å². The van der Waals surface area contributed by atoms with Crippen LogP contribution in [0, 0.1) is 11.6 Å². The van der Waals surface area contributed by atoms with Crippen molar-refractivity contribution in [2.24, 2.45) is 0 Å². The second-order valence-electron chi connectivity index (χ2n) is 5.14. The van der Waals surface area contributed by atoms with Gasteiger partial charge in [-0.25, -0.2) is 4.57 Å². The minimum Gasteiger partial charge on any atom is -0.370 e. The Hall–Kier alpha value is -0.590. The average Bonchev–Trinajstić information content (AvgIpc) is 2.47. The Kier molecular flexibility index (Phi) is 8.29. The second kappa shape index (κ2) is 9.43. The molecule has 5 heteroatoms. The van der Waals surface area contributed by atoms with Gasteiger partial charge in [0.1, 0.15) is 0 Å². The summed E-state index contributed by atoms with van der Waals surface area (Å²) in [7, 11) is -3.28. The molecule has 0 atom stereocenters. The lowest BCUT2D eigenvalue weighted by Gasteiger charge is -2.35. The average molecular weight is 314 g/mol. The highest BCUT2D eigenvalue weighted by Gasteiger charge is 2.32. The molecule has 1 saturated carbocycles. The molecule has 0 unspecified atom stereocenters. The van der Waals surface area contributed by atoms with Crippen LogP contribution in [-0.4, -0.2) is 25.4 Å². The molecule has 0 amide bonds.